The van der Waals surface area contributed by atoms with Crippen molar-refractivity contribution >= 4 is 21.6 Å². The highest BCUT2D eigenvalue weighted by Gasteiger charge is 2.38. The summed E-state index contributed by atoms with van der Waals surface area (Å²) < 4.78 is 64.2. The van der Waals surface area contributed by atoms with Crippen LogP contribution in [0.5, 0.6) is 0 Å². The van der Waals surface area contributed by atoms with Gasteiger partial charge in [0.2, 0.25) is 0 Å². The Morgan fingerprint density at radius 3 is 2.43 bits per heavy atom. The highest BCUT2D eigenvalue weighted by atomic mass is 32.2. The van der Waals surface area contributed by atoms with Crippen molar-refractivity contribution in [2.24, 2.45) is 0 Å². The lowest BCUT2D eigenvalue weighted by atomic mass is 9.88. The summed E-state index contributed by atoms with van der Waals surface area (Å²) in [5, 5.41) is 9.34. The van der Waals surface area contributed by atoms with E-state index in [-0.39, 0.29) is 34.1 Å². The molecule has 7 nitrogen and oxygen atoms in total. The van der Waals surface area contributed by atoms with Crippen molar-refractivity contribution in [3.8, 4) is 6.07 Å². The number of aromatic nitrogens is 2. The SMILES string of the molecule is CCS(=O)(=O)c1cc(C(C)(C)C#N)cnc1N1Cc2cnc(C(F)(F)F)cc2C1=O. The number of fused-ring (bicyclic) bond motifs is 1. The predicted molar refractivity (Wildman–Crippen MR) is 100 cm³/mol. The maximum absolute atomic E-state index is 13.0. The van der Waals surface area contributed by atoms with Crippen molar-refractivity contribution in [1.29, 1.82) is 5.26 Å². The lowest BCUT2D eigenvalue weighted by Crippen LogP contribution is -2.27. The molecule has 0 aromatic carbocycles. The Morgan fingerprint density at radius 1 is 1.20 bits per heavy atom. The maximum Gasteiger partial charge on any atom is 0.433 e. The number of pyridine rings is 2. The van der Waals surface area contributed by atoms with Crippen LogP contribution in [0.25, 0.3) is 0 Å². The van der Waals surface area contributed by atoms with Crippen LogP contribution in [0.15, 0.2) is 29.4 Å². The Balaban J connectivity index is 2.14. The molecule has 3 rings (SSSR count). The van der Waals surface area contributed by atoms with E-state index in [4.69, 9.17) is 0 Å². The molecule has 1 aliphatic rings. The minimum atomic E-state index is -4.72. The number of carbonyl (C=O) groups excluding carboxylic acids is 1. The monoisotopic (exact) mass is 438 g/mol. The molecule has 30 heavy (non-hydrogen) atoms. The second kappa shape index (κ2) is 7.05. The number of anilines is 1. The summed E-state index contributed by atoms with van der Waals surface area (Å²) in [5.74, 6) is -1.28. The summed E-state index contributed by atoms with van der Waals surface area (Å²) >= 11 is 0. The maximum atomic E-state index is 13.0. The van der Waals surface area contributed by atoms with Gasteiger partial charge in [0, 0.05) is 23.5 Å². The van der Waals surface area contributed by atoms with Crippen molar-refractivity contribution in [2.75, 3.05) is 10.7 Å². The summed E-state index contributed by atoms with van der Waals surface area (Å²) in [5.41, 5.74) is -1.88. The fraction of sp³-hybridized carbons (Fsp3) is 0.368. The smallest absolute Gasteiger partial charge is 0.287 e. The molecule has 0 aliphatic carbocycles. The van der Waals surface area contributed by atoms with Gasteiger partial charge in [-0.15, -0.1) is 0 Å². The lowest BCUT2D eigenvalue weighted by molar-refractivity contribution is -0.141. The van der Waals surface area contributed by atoms with Crippen molar-refractivity contribution in [3.63, 3.8) is 0 Å². The summed E-state index contributed by atoms with van der Waals surface area (Å²) in [6.07, 6.45) is -2.47. The van der Waals surface area contributed by atoms with E-state index < -0.39 is 33.0 Å². The molecule has 1 aliphatic heterocycles. The number of amides is 1. The van der Waals surface area contributed by atoms with Gasteiger partial charge in [-0.05, 0) is 31.5 Å². The fourth-order valence-corrected chi connectivity index (χ4v) is 4.01. The van der Waals surface area contributed by atoms with E-state index in [0.29, 0.717) is 11.6 Å². The average Bonchev–Trinajstić information content (AvgIpc) is 3.02. The molecule has 3 heterocycles. The Morgan fingerprint density at radius 2 is 1.87 bits per heavy atom. The average molecular weight is 438 g/mol. The van der Waals surface area contributed by atoms with Gasteiger partial charge in [0.1, 0.15) is 10.6 Å². The van der Waals surface area contributed by atoms with Crippen LogP contribution in [0.1, 0.15) is 48.0 Å². The number of nitriles is 1. The van der Waals surface area contributed by atoms with E-state index >= 15 is 0 Å². The third-order valence-corrected chi connectivity index (χ3v) is 6.62. The van der Waals surface area contributed by atoms with Crippen LogP contribution < -0.4 is 4.90 Å². The minimum Gasteiger partial charge on any atom is -0.287 e. The zero-order valence-corrected chi connectivity index (χ0v) is 17.1. The van der Waals surface area contributed by atoms with Crippen LogP contribution >= 0.6 is 0 Å². The van der Waals surface area contributed by atoms with Crippen molar-refractivity contribution in [3.05, 3.63) is 46.9 Å². The minimum absolute atomic E-state index is 0.167. The summed E-state index contributed by atoms with van der Waals surface area (Å²) in [6, 6.07) is 4.00. The molecular weight excluding hydrogens is 421 g/mol. The molecule has 0 radical (unpaired) electrons. The van der Waals surface area contributed by atoms with Crippen LogP contribution in [-0.2, 0) is 28.0 Å². The molecule has 0 atom stereocenters. The summed E-state index contributed by atoms with van der Waals surface area (Å²) in [7, 11) is -3.86. The zero-order chi connectivity index (χ0) is 22.5. The molecule has 0 saturated carbocycles. The molecule has 0 bridgehead atoms. The molecule has 2 aromatic rings. The van der Waals surface area contributed by atoms with Gasteiger partial charge in [-0.3, -0.25) is 14.7 Å². The topological polar surface area (TPSA) is 104 Å². The molecular formula is C19H17F3N4O3S. The normalized spacial score (nSPS) is 14.6. The van der Waals surface area contributed by atoms with Gasteiger partial charge in [-0.25, -0.2) is 13.4 Å². The highest BCUT2D eigenvalue weighted by molar-refractivity contribution is 7.91. The third kappa shape index (κ3) is 3.63. The molecule has 0 fully saturated rings. The number of carbonyl (C=O) groups is 1. The number of rotatable bonds is 4. The molecule has 1 amide bonds. The molecule has 11 heteroatoms. The molecule has 2 aromatic heterocycles. The quantitative estimate of drug-likeness (QED) is 0.726. The number of alkyl halides is 3. The van der Waals surface area contributed by atoms with Crippen LogP contribution in [0.2, 0.25) is 0 Å². The van der Waals surface area contributed by atoms with E-state index in [1.807, 2.05) is 0 Å². The van der Waals surface area contributed by atoms with Crippen LogP contribution in [-0.4, -0.2) is 30.0 Å². The van der Waals surface area contributed by atoms with Crippen molar-refractivity contribution in [1.82, 2.24) is 9.97 Å². The number of sulfone groups is 1. The second-order valence-electron chi connectivity index (χ2n) is 7.30. The molecule has 0 spiro atoms. The van der Waals surface area contributed by atoms with Crippen LogP contribution in [0, 0.1) is 11.3 Å². The predicted octanol–water partition coefficient (Wildman–Crippen LogP) is 3.25. The Labute approximate surface area is 171 Å². The van der Waals surface area contributed by atoms with Gasteiger partial charge in [-0.2, -0.15) is 18.4 Å². The number of hydrogen-bond acceptors (Lipinski definition) is 6. The van der Waals surface area contributed by atoms with Gasteiger partial charge < -0.3 is 0 Å². The molecule has 0 N–H and O–H groups in total. The summed E-state index contributed by atoms with van der Waals surface area (Å²) in [6.45, 7) is 4.43. The first-order valence-corrected chi connectivity index (χ1v) is 10.5. The van der Waals surface area contributed by atoms with Crippen molar-refractivity contribution in [2.45, 2.75) is 43.8 Å². The van der Waals surface area contributed by atoms with E-state index in [1.165, 1.54) is 19.2 Å². The molecule has 0 saturated heterocycles. The van der Waals surface area contributed by atoms with E-state index in [0.717, 1.165) is 11.1 Å². The first-order valence-electron chi connectivity index (χ1n) is 8.84. The Kier molecular flexibility index (Phi) is 5.10. The van der Waals surface area contributed by atoms with Gasteiger partial charge >= 0.3 is 6.18 Å². The van der Waals surface area contributed by atoms with Crippen molar-refractivity contribution < 1.29 is 26.4 Å². The first-order chi connectivity index (χ1) is 13.8. The number of hydrogen-bond donors (Lipinski definition) is 0. The lowest BCUT2D eigenvalue weighted by Gasteiger charge is -2.22. The van der Waals surface area contributed by atoms with E-state index in [9.17, 15) is 31.6 Å². The molecule has 0 unspecified atom stereocenters. The summed E-state index contributed by atoms with van der Waals surface area (Å²) in [4.78, 5) is 21.1. The van der Waals surface area contributed by atoms with Gasteiger partial charge in [0.05, 0.1) is 23.8 Å². The zero-order valence-electron chi connectivity index (χ0n) is 16.3. The van der Waals surface area contributed by atoms with Gasteiger partial charge in [-0.1, -0.05) is 6.92 Å². The Hall–Kier alpha value is -3.00. The molecule has 158 valence electrons. The number of nitrogens with zero attached hydrogens (tertiary/aromatic N) is 4. The second-order valence-corrected chi connectivity index (χ2v) is 9.55. The van der Waals surface area contributed by atoms with E-state index in [1.54, 1.807) is 13.8 Å². The number of halogens is 3. The van der Waals surface area contributed by atoms with E-state index in [2.05, 4.69) is 16.0 Å². The highest BCUT2D eigenvalue weighted by Crippen LogP contribution is 2.36. The Bertz CT molecular complexity index is 1180. The third-order valence-electron chi connectivity index (χ3n) is 4.89. The standard InChI is InChI=1S/C19H17F3N4O3S/c1-4-30(28,29)14-5-12(18(2,3)10-23)8-25-16(14)26-9-11-7-24-15(19(20,21)22)6-13(11)17(26)27/h5-8H,4,9H2,1-3H3. The van der Waals surface area contributed by atoms with Gasteiger partial charge in [0.15, 0.2) is 15.7 Å². The van der Waals surface area contributed by atoms with Gasteiger partial charge in [0.25, 0.3) is 5.91 Å². The van der Waals surface area contributed by atoms with Crippen LogP contribution in [0.3, 0.4) is 0 Å². The fourth-order valence-electron chi connectivity index (χ4n) is 2.95. The van der Waals surface area contributed by atoms with Crippen LogP contribution in [0.4, 0.5) is 19.0 Å². The first kappa shape index (κ1) is 21.7. The largest absolute Gasteiger partial charge is 0.433 e.